The molecule has 4 aromatic rings. The third-order valence-electron chi connectivity index (χ3n) is 5.65. The number of benzene rings is 2. The molecule has 0 spiro atoms. The molecule has 9 nitrogen and oxygen atoms in total. The predicted octanol–water partition coefficient (Wildman–Crippen LogP) is 3.44. The van der Waals surface area contributed by atoms with Gasteiger partial charge in [-0.2, -0.15) is 15.0 Å². The van der Waals surface area contributed by atoms with Crippen LogP contribution in [0.15, 0.2) is 48.5 Å². The number of hydrogen-bond donors (Lipinski definition) is 2. The molecule has 0 fully saturated rings. The van der Waals surface area contributed by atoms with Crippen LogP contribution in [0.25, 0.3) is 22.6 Å². The van der Waals surface area contributed by atoms with Crippen LogP contribution in [0.2, 0.25) is 0 Å². The number of para-hydroxylation sites is 1. The van der Waals surface area contributed by atoms with Crippen molar-refractivity contribution in [1.82, 2.24) is 19.9 Å². The highest BCUT2D eigenvalue weighted by atomic mass is 16.5. The summed E-state index contributed by atoms with van der Waals surface area (Å²) in [6.45, 7) is -0.171. The van der Waals surface area contributed by atoms with Crippen LogP contribution in [-0.2, 0) is 17.8 Å². The minimum Gasteiger partial charge on any atom is -0.497 e. The number of carbonyl (C=O) groups excluding carboxylic acids is 1. The zero-order valence-electron chi connectivity index (χ0n) is 18.5. The molecule has 34 heavy (non-hydrogen) atoms. The smallest absolute Gasteiger partial charge is 0.339 e. The zero-order valence-corrected chi connectivity index (χ0v) is 18.5. The lowest BCUT2D eigenvalue weighted by atomic mass is 10.0. The topological polar surface area (TPSA) is 139 Å². The van der Waals surface area contributed by atoms with E-state index in [-0.39, 0.29) is 24.3 Å². The van der Waals surface area contributed by atoms with Crippen LogP contribution in [-0.4, -0.2) is 33.0 Å². The number of rotatable bonds is 5. The van der Waals surface area contributed by atoms with Gasteiger partial charge in [0.25, 0.3) is 0 Å². The van der Waals surface area contributed by atoms with Gasteiger partial charge in [-0.3, -0.25) is 0 Å². The summed E-state index contributed by atoms with van der Waals surface area (Å²) in [7, 11) is 1.64. The molecule has 0 amide bonds. The van der Waals surface area contributed by atoms with Gasteiger partial charge < -0.3 is 20.9 Å². The van der Waals surface area contributed by atoms with E-state index in [4.69, 9.17) is 25.9 Å². The third-order valence-corrected chi connectivity index (χ3v) is 5.65. The van der Waals surface area contributed by atoms with Gasteiger partial charge in [0.05, 0.1) is 23.9 Å². The Morgan fingerprint density at radius 2 is 1.71 bits per heavy atom. The van der Waals surface area contributed by atoms with Gasteiger partial charge in [0.1, 0.15) is 5.75 Å². The maximum atomic E-state index is 13.3. The molecular formula is C25H22N6O3. The Morgan fingerprint density at radius 3 is 2.44 bits per heavy atom. The monoisotopic (exact) mass is 454 g/mol. The van der Waals surface area contributed by atoms with Crippen molar-refractivity contribution in [1.29, 1.82) is 0 Å². The number of aromatic nitrogens is 4. The van der Waals surface area contributed by atoms with E-state index in [0.717, 1.165) is 45.5 Å². The summed E-state index contributed by atoms with van der Waals surface area (Å²) in [6, 6.07) is 15.4. The highest BCUT2D eigenvalue weighted by Gasteiger charge is 2.27. The molecular weight excluding hydrogens is 432 g/mol. The van der Waals surface area contributed by atoms with E-state index < -0.39 is 5.97 Å². The summed E-state index contributed by atoms with van der Waals surface area (Å²) in [5, 5.41) is 0.742. The van der Waals surface area contributed by atoms with Crippen LogP contribution in [0, 0.1) is 0 Å². The molecule has 2 aromatic carbocycles. The van der Waals surface area contributed by atoms with Gasteiger partial charge in [0, 0.05) is 5.39 Å². The number of ether oxygens (including phenoxy) is 2. The summed E-state index contributed by atoms with van der Waals surface area (Å²) >= 11 is 0. The van der Waals surface area contributed by atoms with Gasteiger partial charge in [-0.05, 0) is 53.8 Å². The third kappa shape index (κ3) is 4.11. The first kappa shape index (κ1) is 21.3. The number of fused-ring (bicyclic) bond motifs is 2. The van der Waals surface area contributed by atoms with Crippen LogP contribution in [0.5, 0.6) is 5.75 Å². The number of carbonyl (C=O) groups is 1. The summed E-state index contributed by atoms with van der Waals surface area (Å²) in [4.78, 5) is 29.8. The zero-order chi connectivity index (χ0) is 23.7. The molecule has 0 aliphatic heterocycles. The van der Waals surface area contributed by atoms with Crippen LogP contribution in [0.4, 0.5) is 11.9 Å². The molecule has 9 heteroatoms. The normalized spacial score (nSPS) is 13.7. The molecule has 0 saturated carbocycles. The van der Waals surface area contributed by atoms with Crippen molar-refractivity contribution >= 4 is 40.4 Å². The summed E-state index contributed by atoms with van der Waals surface area (Å²) in [6.07, 6.45) is 3.55. The first-order valence-corrected chi connectivity index (χ1v) is 10.7. The second kappa shape index (κ2) is 8.78. The SMILES string of the molecule is COc1ccc(/C=C2\CCc3c2nc2ccccc2c3C(=O)OCc2nc(N)nc(N)n2)cc1. The lowest BCUT2D eigenvalue weighted by molar-refractivity contribution is 0.0463. The molecule has 2 heterocycles. The Morgan fingerprint density at radius 1 is 0.971 bits per heavy atom. The molecule has 1 aliphatic rings. The number of hydrogen-bond acceptors (Lipinski definition) is 9. The van der Waals surface area contributed by atoms with Crippen molar-refractivity contribution in [3.05, 3.63) is 76.7 Å². The summed E-state index contributed by atoms with van der Waals surface area (Å²) < 4.78 is 10.8. The van der Waals surface area contributed by atoms with Crippen LogP contribution < -0.4 is 16.2 Å². The van der Waals surface area contributed by atoms with E-state index in [9.17, 15) is 4.79 Å². The van der Waals surface area contributed by atoms with E-state index >= 15 is 0 Å². The fourth-order valence-corrected chi connectivity index (χ4v) is 4.14. The number of nitrogen functional groups attached to an aromatic ring is 2. The Balaban J connectivity index is 1.52. The average molecular weight is 454 g/mol. The highest BCUT2D eigenvalue weighted by Crippen LogP contribution is 2.38. The number of esters is 1. The molecule has 0 unspecified atom stereocenters. The van der Waals surface area contributed by atoms with E-state index in [2.05, 4.69) is 21.0 Å². The minimum atomic E-state index is -0.474. The number of nitrogens with two attached hydrogens (primary N) is 2. The van der Waals surface area contributed by atoms with Gasteiger partial charge in [-0.25, -0.2) is 9.78 Å². The van der Waals surface area contributed by atoms with Crippen molar-refractivity contribution in [2.75, 3.05) is 18.6 Å². The number of nitrogens with zero attached hydrogens (tertiary/aromatic N) is 4. The fourth-order valence-electron chi connectivity index (χ4n) is 4.14. The summed E-state index contributed by atoms with van der Waals surface area (Å²) in [5.74, 6) is 0.459. The Bertz CT molecular complexity index is 1410. The van der Waals surface area contributed by atoms with Gasteiger partial charge in [0.2, 0.25) is 11.9 Å². The Labute approximate surface area is 195 Å². The summed E-state index contributed by atoms with van der Waals surface area (Å²) in [5.41, 5.74) is 16.3. The van der Waals surface area contributed by atoms with Crippen molar-refractivity contribution in [2.24, 2.45) is 0 Å². The maximum absolute atomic E-state index is 13.3. The van der Waals surface area contributed by atoms with Gasteiger partial charge >= 0.3 is 5.97 Å². The van der Waals surface area contributed by atoms with Gasteiger partial charge in [0.15, 0.2) is 12.4 Å². The standard InChI is InChI=1S/C25H22N6O3/c1-33-16-9-6-14(7-10-16)12-15-8-11-18-21(17-4-2-3-5-19(17)28-22(15)18)23(32)34-13-20-29-24(26)31-25(27)30-20/h2-7,9-10,12H,8,11,13H2,1H3,(H4,26,27,29,30,31)/b15-12+. The van der Waals surface area contributed by atoms with E-state index in [1.165, 1.54) is 0 Å². The lowest BCUT2D eigenvalue weighted by Crippen LogP contribution is -2.13. The first-order valence-electron chi connectivity index (χ1n) is 10.7. The minimum absolute atomic E-state index is 0.0258. The molecule has 0 atom stereocenters. The number of anilines is 2. The predicted molar refractivity (Wildman–Crippen MR) is 129 cm³/mol. The Kier molecular flexibility index (Phi) is 5.51. The van der Waals surface area contributed by atoms with Crippen LogP contribution >= 0.6 is 0 Å². The quantitative estimate of drug-likeness (QED) is 0.434. The van der Waals surface area contributed by atoms with Gasteiger partial charge in [-0.1, -0.05) is 30.3 Å². The Hall–Kier alpha value is -4.53. The lowest BCUT2D eigenvalue weighted by Gasteiger charge is -2.12. The van der Waals surface area contributed by atoms with Gasteiger partial charge in [-0.15, -0.1) is 0 Å². The maximum Gasteiger partial charge on any atom is 0.339 e. The van der Waals surface area contributed by atoms with E-state index in [1.807, 2.05) is 48.5 Å². The molecule has 170 valence electrons. The molecule has 0 saturated heterocycles. The van der Waals surface area contributed by atoms with Crippen molar-refractivity contribution < 1.29 is 14.3 Å². The second-order valence-electron chi connectivity index (χ2n) is 7.82. The van der Waals surface area contributed by atoms with Crippen LogP contribution in [0.3, 0.4) is 0 Å². The number of pyridine rings is 1. The molecule has 5 rings (SSSR count). The van der Waals surface area contributed by atoms with Crippen molar-refractivity contribution in [3.63, 3.8) is 0 Å². The highest BCUT2D eigenvalue weighted by molar-refractivity contribution is 6.07. The molecule has 2 aromatic heterocycles. The molecule has 1 aliphatic carbocycles. The molecule has 4 N–H and O–H groups in total. The fraction of sp³-hybridized carbons (Fsp3) is 0.160. The van der Waals surface area contributed by atoms with Crippen molar-refractivity contribution in [2.45, 2.75) is 19.4 Å². The second-order valence-corrected chi connectivity index (χ2v) is 7.82. The largest absolute Gasteiger partial charge is 0.497 e. The van der Waals surface area contributed by atoms with E-state index in [1.54, 1.807) is 7.11 Å². The molecule has 0 bridgehead atoms. The van der Waals surface area contributed by atoms with Crippen LogP contribution in [0.1, 0.15) is 39.4 Å². The van der Waals surface area contributed by atoms with Crippen molar-refractivity contribution in [3.8, 4) is 5.75 Å². The number of methoxy groups -OCH3 is 1. The average Bonchev–Trinajstić information content (AvgIpc) is 3.22. The molecule has 0 radical (unpaired) electrons. The first-order chi connectivity index (χ1) is 16.5. The number of allylic oxidation sites excluding steroid dienone is 1. The van der Waals surface area contributed by atoms with E-state index in [0.29, 0.717) is 12.0 Å².